The Bertz CT molecular complexity index is 1840. The Hall–Kier alpha value is -4.03. The van der Waals surface area contributed by atoms with Crippen LogP contribution in [0.2, 0.25) is 0 Å². The molecule has 3 aromatic heterocycles. The maximum Gasteiger partial charge on any atom is 0.248 e. The second kappa shape index (κ2) is 11.7. The van der Waals surface area contributed by atoms with Gasteiger partial charge in [0.05, 0.1) is 5.52 Å². The number of amides is 2. The number of fused-ring (bicyclic) bond motifs is 2. The van der Waals surface area contributed by atoms with Gasteiger partial charge < -0.3 is 15.1 Å². The maximum atomic E-state index is 14.3. The number of likely N-dealkylation sites (tertiary alicyclic amines) is 1. The fraction of sp³-hybridized carbons (Fsp3) is 0.424. The van der Waals surface area contributed by atoms with Gasteiger partial charge in [0.1, 0.15) is 34.5 Å². The van der Waals surface area contributed by atoms with Gasteiger partial charge in [0, 0.05) is 48.3 Å². The standard InChI is InChI=1S/C33H37BrN8O3/c1-7-21-10-22(23-14-35-20(4)36-15-23)11-24-29(19(3)43)39-41(30(21)24)16-28(44)42-25(12-33(13-26(33)42)17-40(5)6)32(45)38-31-18(2)8-9-27(34)37-31/h8-11,14-15,25-26H,7,12-13,16-17H2,1-6H3,(H,37,38,45)/t25-,26+,33-/m0/s1. The second-order valence-electron chi connectivity index (χ2n) is 12.6. The fourth-order valence-electron chi connectivity index (χ4n) is 6.87. The van der Waals surface area contributed by atoms with Crippen LogP contribution < -0.4 is 5.32 Å². The van der Waals surface area contributed by atoms with E-state index in [9.17, 15) is 14.4 Å². The summed E-state index contributed by atoms with van der Waals surface area (Å²) in [6, 6.07) is 6.98. The lowest BCUT2D eigenvalue weighted by Crippen LogP contribution is -2.47. The minimum Gasteiger partial charge on any atom is -0.325 e. The molecule has 4 heterocycles. The van der Waals surface area contributed by atoms with Crippen molar-refractivity contribution < 1.29 is 14.4 Å². The number of hydrogen-bond donors (Lipinski definition) is 1. The Kier molecular flexibility index (Phi) is 8.07. The van der Waals surface area contributed by atoms with Crippen LogP contribution in [0.3, 0.4) is 0 Å². The molecule has 0 bridgehead atoms. The Morgan fingerprint density at radius 3 is 2.49 bits per heavy atom. The molecule has 2 aliphatic rings. The molecule has 0 radical (unpaired) electrons. The van der Waals surface area contributed by atoms with Gasteiger partial charge in [0.25, 0.3) is 0 Å². The smallest absolute Gasteiger partial charge is 0.248 e. The third kappa shape index (κ3) is 5.77. The lowest BCUT2D eigenvalue weighted by Gasteiger charge is -2.27. The summed E-state index contributed by atoms with van der Waals surface area (Å²) in [5.41, 5.74) is 4.42. The number of pyridine rings is 1. The highest BCUT2D eigenvalue weighted by Gasteiger charge is 2.67. The molecule has 12 heteroatoms. The van der Waals surface area contributed by atoms with Crippen LogP contribution in [0.5, 0.6) is 0 Å². The molecule has 2 fully saturated rings. The summed E-state index contributed by atoms with van der Waals surface area (Å²) in [6.45, 7) is 7.93. The number of benzene rings is 1. The number of piperidine rings is 1. The molecule has 4 aromatic rings. The molecular weight excluding hydrogens is 636 g/mol. The number of halogens is 1. The van der Waals surface area contributed by atoms with Crippen molar-refractivity contribution in [3.05, 3.63) is 63.9 Å². The number of hydrogen-bond acceptors (Lipinski definition) is 8. The second-order valence-corrected chi connectivity index (χ2v) is 13.4. The van der Waals surface area contributed by atoms with Crippen molar-refractivity contribution >= 4 is 50.2 Å². The summed E-state index contributed by atoms with van der Waals surface area (Å²) in [6.07, 6.45) is 5.61. The van der Waals surface area contributed by atoms with Crippen LogP contribution in [0.4, 0.5) is 5.82 Å². The van der Waals surface area contributed by atoms with E-state index in [1.54, 1.807) is 22.0 Å². The predicted molar refractivity (Wildman–Crippen MR) is 175 cm³/mol. The number of ketones is 1. The molecule has 234 valence electrons. The molecule has 1 saturated heterocycles. The molecule has 45 heavy (non-hydrogen) atoms. The number of carbonyl (C=O) groups is 3. The van der Waals surface area contributed by atoms with Crippen LogP contribution in [0.15, 0.2) is 41.3 Å². The largest absolute Gasteiger partial charge is 0.325 e. The first-order chi connectivity index (χ1) is 21.4. The van der Waals surface area contributed by atoms with Gasteiger partial charge in [0.2, 0.25) is 11.8 Å². The van der Waals surface area contributed by atoms with Gasteiger partial charge in [-0.05, 0) is 98.0 Å². The number of nitrogens with zero attached hydrogens (tertiary/aromatic N) is 7. The first-order valence-corrected chi connectivity index (χ1v) is 15.9. The van der Waals surface area contributed by atoms with Crippen molar-refractivity contribution in [3.63, 3.8) is 0 Å². The van der Waals surface area contributed by atoms with E-state index in [0.29, 0.717) is 40.2 Å². The molecule has 1 saturated carbocycles. The predicted octanol–water partition coefficient (Wildman–Crippen LogP) is 4.59. The van der Waals surface area contributed by atoms with E-state index in [1.165, 1.54) is 6.92 Å². The normalized spacial score (nSPS) is 20.5. The van der Waals surface area contributed by atoms with E-state index in [1.807, 2.05) is 59.1 Å². The van der Waals surface area contributed by atoms with Gasteiger partial charge in [0.15, 0.2) is 5.78 Å². The zero-order valence-electron chi connectivity index (χ0n) is 26.4. The number of carbonyl (C=O) groups excluding carboxylic acids is 3. The number of anilines is 1. The average Bonchev–Trinajstić information content (AvgIpc) is 3.38. The van der Waals surface area contributed by atoms with Crippen LogP contribution >= 0.6 is 15.9 Å². The molecule has 3 atom stereocenters. The molecular formula is C33H37BrN8O3. The highest BCUT2D eigenvalue weighted by atomic mass is 79.9. The first-order valence-electron chi connectivity index (χ1n) is 15.1. The van der Waals surface area contributed by atoms with Crippen LogP contribution in [-0.2, 0) is 22.6 Å². The minimum atomic E-state index is -0.649. The van der Waals surface area contributed by atoms with E-state index < -0.39 is 6.04 Å². The van der Waals surface area contributed by atoms with Crippen LogP contribution in [0, 0.1) is 19.3 Å². The molecule has 0 unspecified atom stereocenters. The van der Waals surface area contributed by atoms with Crippen LogP contribution in [0.1, 0.15) is 54.1 Å². The number of aryl methyl sites for hydroxylation is 3. The van der Waals surface area contributed by atoms with Gasteiger partial charge >= 0.3 is 0 Å². The van der Waals surface area contributed by atoms with Gasteiger partial charge in [-0.25, -0.2) is 15.0 Å². The third-order valence-corrected chi connectivity index (χ3v) is 9.42. The molecule has 1 aliphatic carbocycles. The van der Waals surface area contributed by atoms with Gasteiger partial charge in [-0.2, -0.15) is 5.10 Å². The monoisotopic (exact) mass is 672 g/mol. The molecule has 11 nitrogen and oxygen atoms in total. The third-order valence-electron chi connectivity index (χ3n) is 8.98. The number of nitrogens with one attached hydrogen (secondary N) is 1. The summed E-state index contributed by atoms with van der Waals surface area (Å²) in [4.78, 5) is 57.9. The maximum absolute atomic E-state index is 14.3. The van der Waals surface area contributed by atoms with Crippen LogP contribution in [-0.4, -0.2) is 84.9 Å². The quantitative estimate of drug-likeness (QED) is 0.202. The lowest BCUT2D eigenvalue weighted by atomic mass is 9.98. The fourth-order valence-corrected chi connectivity index (χ4v) is 7.18. The van der Waals surface area contributed by atoms with Crippen LogP contribution in [0.25, 0.3) is 22.0 Å². The zero-order valence-corrected chi connectivity index (χ0v) is 28.0. The number of rotatable bonds is 9. The van der Waals surface area contributed by atoms with E-state index in [2.05, 4.69) is 46.2 Å². The van der Waals surface area contributed by atoms with Gasteiger partial charge in [-0.15, -0.1) is 0 Å². The van der Waals surface area contributed by atoms with E-state index >= 15 is 0 Å². The molecule has 6 rings (SSSR count). The summed E-state index contributed by atoms with van der Waals surface area (Å²) in [5.74, 6) is 0.503. The topological polar surface area (TPSA) is 126 Å². The van der Waals surface area contributed by atoms with E-state index in [-0.39, 0.29) is 35.6 Å². The SMILES string of the molecule is CCc1cc(-c2cnc(C)nc2)cc2c(C(C)=O)nn(CC(=O)N3[C@H](C(=O)Nc4nc(Br)ccc4C)C[C@@]4(CN(C)C)C[C@@H]34)c12. The van der Waals surface area contributed by atoms with Crippen molar-refractivity contribution in [2.24, 2.45) is 5.41 Å². The van der Waals surface area contributed by atoms with Gasteiger partial charge in [-0.3, -0.25) is 19.1 Å². The van der Waals surface area contributed by atoms with E-state index in [4.69, 9.17) is 0 Å². The van der Waals surface area contributed by atoms with Crippen molar-refractivity contribution in [3.8, 4) is 11.1 Å². The van der Waals surface area contributed by atoms with Crippen molar-refractivity contribution in [2.75, 3.05) is 26.0 Å². The summed E-state index contributed by atoms with van der Waals surface area (Å²) in [5, 5.41) is 8.35. The summed E-state index contributed by atoms with van der Waals surface area (Å²) in [7, 11) is 4.03. The first kappa shape index (κ1) is 31.0. The van der Waals surface area contributed by atoms with Gasteiger partial charge in [-0.1, -0.05) is 13.0 Å². The average molecular weight is 674 g/mol. The van der Waals surface area contributed by atoms with E-state index in [0.717, 1.165) is 40.7 Å². The number of aromatic nitrogens is 5. The zero-order chi connectivity index (χ0) is 32.2. The Balaban J connectivity index is 1.36. The summed E-state index contributed by atoms with van der Waals surface area (Å²) >= 11 is 3.39. The lowest BCUT2D eigenvalue weighted by molar-refractivity contribution is -0.138. The highest BCUT2D eigenvalue weighted by Crippen LogP contribution is 2.60. The number of Topliss-reactive ketones (excluding diaryl/α,β-unsaturated/α-hetero) is 1. The Morgan fingerprint density at radius 2 is 1.82 bits per heavy atom. The Morgan fingerprint density at radius 1 is 1.09 bits per heavy atom. The molecule has 1 aromatic carbocycles. The molecule has 1 N–H and O–H groups in total. The summed E-state index contributed by atoms with van der Waals surface area (Å²) < 4.78 is 2.26. The minimum absolute atomic E-state index is 0.0485. The van der Waals surface area contributed by atoms with Crippen molar-refractivity contribution in [1.82, 2.24) is 34.5 Å². The molecule has 2 amide bonds. The Labute approximate surface area is 270 Å². The molecule has 0 spiro atoms. The van der Waals surface area contributed by atoms with Crippen molar-refractivity contribution in [1.29, 1.82) is 0 Å². The highest BCUT2D eigenvalue weighted by molar-refractivity contribution is 9.10. The molecule has 1 aliphatic heterocycles. The van der Waals surface area contributed by atoms with Crippen molar-refractivity contribution in [2.45, 2.75) is 65.6 Å².